The van der Waals surface area contributed by atoms with Gasteiger partial charge in [0.2, 0.25) is 0 Å². The van der Waals surface area contributed by atoms with Gasteiger partial charge in [0.15, 0.2) is 4.91 Å². The first-order valence-electron chi connectivity index (χ1n) is 12.9. The fraction of sp³-hybridized carbons (Fsp3) is 0.414. The predicted octanol–water partition coefficient (Wildman–Crippen LogP) is 3.93. The van der Waals surface area contributed by atoms with Gasteiger partial charge in [-0.25, -0.2) is 13.1 Å². The highest BCUT2D eigenvalue weighted by Crippen LogP contribution is 2.31. The van der Waals surface area contributed by atoms with Crippen molar-refractivity contribution in [2.45, 2.75) is 32.7 Å². The van der Waals surface area contributed by atoms with Gasteiger partial charge in [-0.1, -0.05) is 18.2 Å². The number of likely N-dealkylation sites (N-methyl/N-ethyl adjacent to an activating group) is 1. The zero-order valence-electron chi connectivity index (χ0n) is 22.8. The molecule has 1 saturated heterocycles. The average Bonchev–Trinajstić information content (AvgIpc) is 3.24. The monoisotopic (exact) mass is 535 g/mol. The topological polar surface area (TPSA) is 102 Å². The molecule has 2 heterocycles. The maximum Gasteiger partial charge on any atom is 0.251 e. The Hall–Kier alpha value is -3.16. The zero-order chi connectivity index (χ0) is 27.7. The van der Waals surface area contributed by atoms with E-state index in [2.05, 4.69) is 58.0 Å². The molecule has 0 unspecified atom stereocenters. The van der Waals surface area contributed by atoms with E-state index in [1.807, 2.05) is 29.8 Å². The first-order valence-corrected chi connectivity index (χ1v) is 14.3. The standard InChI is InChI=1S/C29H37N5O3S/c1-21(28(20-30)38(36,37)31-29(2,3)12-17-35)26-10-11-27(33(26)5)24-7-6-23-19-25(9-8-22(23)18-24)34-15-13-32(4)14-16-34/h6-11,18-19,31,35H,12-17H2,1-5H3/b28-21+. The molecule has 0 atom stereocenters. The van der Waals surface area contributed by atoms with Crippen LogP contribution in [0.4, 0.5) is 5.69 Å². The van der Waals surface area contributed by atoms with Crippen LogP contribution in [0.5, 0.6) is 0 Å². The van der Waals surface area contributed by atoms with Gasteiger partial charge in [0.25, 0.3) is 10.0 Å². The number of hydrogen-bond donors (Lipinski definition) is 2. The summed E-state index contributed by atoms with van der Waals surface area (Å²) in [7, 11) is -0.0500. The lowest BCUT2D eigenvalue weighted by molar-refractivity contribution is 0.246. The number of aliphatic hydroxyl groups is 1. The Morgan fingerprint density at radius 1 is 1.03 bits per heavy atom. The van der Waals surface area contributed by atoms with Gasteiger partial charge < -0.3 is 19.5 Å². The van der Waals surface area contributed by atoms with E-state index in [0.717, 1.165) is 42.8 Å². The van der Waals surface area contributed by atoms with Gasteiger partial charge in [0.1, 0.15) is 6.07 Å². The quantitative estimate of drug-likeness (QED) is 0.424. The SMILES string of the molecule is C/C(=C(/C#N)S(=O)(=O)NC(C)(C)CCO)c1ccc(-c2ccc3cc(N4CCN(C)CC4)ccc3c2)n1C. The van der Waals surface area contributed by atoms with Crippen LogP contribution in [-0.2, 0) is 17.1 Å². The summed E-state index contributed by atoms with van der Waals surface area (Å²) in [6.07, 6.45) is 0.233. The molecule has 9 heteroatoms. The first-order chi connectivity index (χ1) is 18.0. The van der Waals surface area contributed by atoms with Crippen LogP contribution in [-0.4, -0.2) is 68.4 Å². The molecule has 3 aromatic rings. The first kappa shape index (κ1) is 27.9. The lowest BCUT2D eigenvalue weighted by Gasteiger charge is -2.34. The van der Waals surface area contributed by atoms with Crippen molar-refractivity contribution in [2.24, 2.45) is 7.05 Å². The molecule has 1 aliphatic rings. The van der Waals surface area contributed by atoms with Crippen LogP contribution in [0.15, 0.2) is 53.4 Å². The number of sulfonamides is 1. The molecule has 8 nitrogen and oxygen atoms in total. The van der Waals surface area contributed by atoms with Gasteiger partial charge in [0.05, 0.1) is 0 Å². The van der Waals surface area contributed by atoms with Crippen LogP contribution in [0, 0.1) is 11.3 Å². The molecule has 0 bridgehead atoms. The Labute approximate surface area is 225 Å². The summed E-state index contributed by atoms with van der Waals surface area (Å²) in [5.41, 5.74) is 3.30. The van der Waals surface area contributed by atoms with Crippen molar-refractivity contribution in [3.63, 3.8) is 0 Å². The second kappa shape index (κ2) is 10.9. The lowest BCUT2D eigenvalue weighted by atomic mass is 10.0. The molecule has 0 radical (unpaired) electrons. The molecule has 1 fully saturated rings. The number of allylic oxidation sites excluding steroid dienone is 2. The molecule has 2 N–H and O–H groups in total. The number of piperazine rings is 1. The van der Waals surface area contributed by atoms with Crippen molar-refractivity contribution in [1.29, 1.82) is 5.26 Å². The number of aliphatic hydroxyl groups excluding tert-OH is 1. The van der Waals surface area contributed by atoms with Gasteiger partial charge in [-0.05, 0) is 80.9 Å². The van der Waals surface area contributed by atoms with E-state index in [9.17, 15) is 18.8 Å². The van der Waals surface area contributed by atoms with Crippen LogP contribution in [0.3, 0.4) is 0 Å². The van der Waals surface area contributed by atoms with E-state index in [4.69, 9.17) is 0 Å². The minimum Gasteiger partial charge on any atom is -0.396 e. The number of benzene rings is 2. The second-order valence-electron chi connectivity index (χ2n) is 10.7. The van der Waals surface area contributed by atoms with Gasteiger partial charge in [-0.2, -0.15) is 5.26 Å². The molecule has 2 aromatic carbocycles. The molecular formula is C29H37N5O3S. The molecular weight excluding hydrogens is 498 g/mol. The molecule has 0 saturated carbocycles. The van der Waals surface area contributed by atoms with Gasteiger partial charge >= 0.3 is 0 Å². The van der Waals surface area contributed by atoms with E-state index in [0.29, 0.717) is 11.3 Å². The molecule has 1 aliphatic heterocycles. The molecule has 0 aliphatic carbocycles. The number of nitrogens with zero attached hydrogens (tertiary/aromatic N) is 4. The molecule has 38 heavy (non-hydrogen) atoms. The average molecular weight is 536 g/mol. The maximum absolute atomic E-state index is 13.1. The van der Waals surface area contributed by atoms with Gasteiger partial charge in [-0.3, -0.25) is 0 Å². The number of anilines is 1. The van der Waals surface area contributed by atoms with Crippen molar-refractivity contribution in [3.05, 3.63) is 59.1 Å². The Kier molecular flexibility index (Phi) is 8.00. The van der Waals surface area contributed by atoms with E-state index in [1.165, 1.54) is 11.1 Å². The number of nitriles is 1. The fourth-order valence-electron chi connectivity index (χ4n) is 5.04. The number of nitrogens with one attached hydrogen (secondary N) is 1. The molecule has 202 valence electrons. The van der Waals surface area contributed by atoms with Crippen LogP contribution in [0.25, 0.3) is 27.6 Å². The van der Waals surface area contributed by atoms with Crippen molar-refractivity contribution in [2.75, 3.05) is 44.7 Å². The van der Waals surface area contributed by atoms with E-state index >= 15 is 0 Å². The molecule has 0 amide bonds. The minimum absolute atomic E-state index is 0.163. The summed E-state index contributed by atoms with van der Waals surface area (Å²) < 4.78 is 30.6. The van der Waals surface area contributed by atoms with Crippen molar-refractivity contribution in [3.8, 4) is 17.3 Å². The number of hydrogen-bond acceptors (Lipinski definition) is 6. The second-order valence-corrected chi connectivity index (χ2v) is 12.3. The van der Waals surface area contributed by atoms with Crippen LogP contribution < -0.4 is 9.62 Å². The fourth-order valence-corrected chi connectivity index (χ4v) is 6.60. The third-order valence-electron chi connectivity index (χ3n) is 7.35. The highest BCUT2D eigenvalue weighted by molar-refractivity contribution is 7.94. The van der Waals surface area contributed by atoms with Crippen molar-refractivity contribution in [1.82, 2.24) is 14.2 Å². The largest absolute Gasteiger partial charge is 0.396 e. The van der Waals surface area contributed by atoms with Crippen LogP contribution >= 0.6 is 0 Å². The third-order valence-corrected chi connectivity index (χ3v) is 9.11. The number of fused-ring (bicyclic) bond motifs is 1. The Morgan fingerprint density at radius 2 is 1.68 bits per heavy atom. The van der Waals surface area contributed by atoms with E-state index in [-0.39, 0.29) is 17.9 Å². The highest BCUT2D eigenvalue weighted by atomic mass is 32.2. The Morgan fingerprint density at radius 3 is 2.34 bits per heavy atom. The summed E-state index contributed by atoms with van der Waals surface area (Å²) in [5.74, 6) is 0. The van der Waals surface area contributed by atoms with E-state index in [1.54, 1.807) is 20.8 Å². The molecule has 0 spiro atoms. The minimum atomic E-state index is -4.08. The van der Waals surface area contributed by atoms with Crippen molar-refractivity contribution < 1.29 is 13.5 Å². The highest BCUT2D eigenvalue weighted by Gasteiger charge is 2.30. The van der Waals surface area contributed by atoms with Gasteiger partial charge in [0, 0.05) is 68.0 Å². The maximum atomic E-state index is 13.1. The third kappa shape index (κ3) is 5.79. The number of aromatic nitrogens is 1. The molecule has 4 rings (SSSR count). The normalized spacial score (nSPS) is 16.0. The summed E-state index contributed by atoms with van der Waals surface area (Å²) in [6.45, 7) is 9.01. The predicted molar refractivity (Wildman–Crippen MR) is 154 cm³/mol. The summed E-state index contributed by atoms with van der Waals surface area (Å²) >= 11 is 0. The summed E-state index contributed by atoms with van der Waals surface area (Å²) in [6, 6.07) is 18.6. The summed E-state index contributed by atoms with van der Waals surface area (Å²) in [5, 5.41) is 21.4. The van der Waals surface area contributed by atoms with E-state index < -0.39 is 15.6 Å². The Balaban J connectivity index is 1.64. The number of rotatable bonds is 8. The Bertz CT molecular complexity index is 1510. The summed E-state index contributed by atoms with van der Waals surface area (Å²) in [4.78, 5) is 4.44. The van der Waals surface area contributed by atoms with Gasteiger partial charge in [-0.15, -0.1) is 0 Å². The van der Waals surface area contributed by atoms with Crippen LogP contribution in [0.1, 0.15) is 32.9 Å². The molecule has 1 aromatic heterocycles. The smallest absolute Gasteiger partial charge is 0.251 e. The zero-order valence-corrected chi connectivity index (χ0v) is 23.6. The lowest BCUT2D eigenvalue weighted by Crippen LogP contribution is -2.44. The van der Waals surface area contributed by atoms with Crippen molar-refractivity contribution >= 4 is 32.1 Å². The van der Waals surface area contributed by atoms with Crippen LogP contribution in [0.2, 0.25) is 0 Å².